The van der Waals surface area contributed by atoms with Crippen molar-refractivity contribution in [1.29, 1.82) is 0 Å². The number of aryl methyl sites for hydroxylation is 3. The molecule has 0 saturated carbocycles. The van der Waals surface area contributed by atoms with Crippen LogP contribution in [-0.2, 0) is 6.54 Å². The number of hydrogen-bond donors (Lipinski definition) is 0. The molecule has 0 saturated heterocycles. The molecule has 0 aliphatic rings. The molecular formula is C44H22BF20N. The smallest absolute Gasteiger partial charge is 0.207 e. The normalized spacial score (nSPS) is 11.7. The van der Waals surface area contributed by atoms with E-state index < -0.39 is 144 Å². The topological polar surface area (TPSA) is 3.88 Å². The summed E-state index contributed by atoms with van der Waals surface area (Å²) in [6.07, 6.45) is -7.22. The Hall–Kier alpha value is -6.61. The van der Waals surface area contributed by atoms with E-state index in [4.69, 9.17) is 0 Å². The van der Waals surface area contributed by atoms with Crippen molar-refractivity contribution in [3.63, 3.8) is 0 Å². The molecule has 0 unspecified atom stereocenters. The van der Waals surface area contributed by atoms with Crippen molar-refractivity contribution >= 4 is 38.9 Å². The van der Waals surface area contributed by atoms with E-state index in [1.54, 1.807) is 0 Å². The van der Waals surface area contributed by atoms with Gasteiger partial charge in [0.2, 0.25) is 5.52 Å². The van der Waals surface area contributed by atoms with E-state index in [2.05, 4.69) is 80.8 Å². The van der Waals surface area contributed by atoms with Crippen LogP contribution in [0.3, 0.4) is 0 Å². The fraction of sp³-hybridized carbons (Fsp3) is 0.114. The van der Waals surface area contributed by atoms with Crippen molar-refractivity contribution in [3.8, 4) is 0 Å². The summed E-state index contributed by atoms with van der Waals surface area (Å²) in [5.74, 6) is -71.4. The van der Waals surface area contributed by atoms with Gasteiger partial charge in [0.15, 0.2) is 82.0 Å². The number of aromatic nitrogens is 1. The van der Waals surface area contributed by atoms with Crippen molar-refractivity contribution in [2.24, 2.45) is 0 Å². The predicted molar refractivity (Wildman–Crippen MR) is 198 cm³/mol. The van der Waals surface area contributed by atoms with Crippen LogP contribution in [0.15, 0.2) is 48.5 Å². The number of halogens is 20. The summed E-state index contributed by atoms with van der Waals surface area (Å²) >= 11 is 0. The molecule has 7 rings (SSSR count). The van der Waals surface area contributed by atoms with Crippen LogP contribution in [0.4, 0.5) is 87.8 Å². The van der Waals surface area contributed by atoms with Gasteiger partial charge in [-0.05, 0) is 38.0 Å². The van der Waals surface area contributed by atoms with Crippen molar-refractivity contribution in [2.75, 3.05) is 0 Å². The second kappa shape index (κ2) is 17.7. The van der Waals surface area contributed by atoms with Gasteiger partial charge >= 0.3 is 0 Å². The first-order valence-corrected chi connectivity index (χ1v) is 18.5. The van der Waals surface area contributed by atoms with Crippen LogP contribution in [-0.4, -0.2) is 6.15 Å². The maximum absolute atomic E-state index is 15.4. The number of pyridine rings is 1. The van der Waals surface area contributed by atoms with E-state index in [0.29, 0.717) is 0 Å². The summed E-state index contributed by atoms with van der Waals surface area (Å²) in [5.41, 5.74) is -6.22. The lowest BCUT2D eigenvalue weighted by Crippen LogP contribution is -2.81. The fourth-order valence-electron chi connectivity index (χ4n) is 7.80. The Kier molecular flexibility index (Phi) is 13.1. The van der Waals surface area contributed by atoms with Crippen molar-refractivity contribution in [2.45, 2.75) is 34.2 Å². The lowest BCUT2D eigenvalue weighted by atomic mass is 9.12. The first-order valence-electron chi connectivity index (χ1n) is 18.5. The van der Waals surface area contributed by atoms with Crippen LogP contribution in [0.1, 0.15) is 27.9 Å². The predicted octanol–water partition coefficient (Wildman–Crippen LogP) is 10.3. The summed E-state index contributed by atoms with van der Waals surface area (Å²) in [6.45, 7) is 9.75. The van der Waals surface area contributed by atoms with Crippen molar-refractivity contribution < 1.29 is 92.4 Å². The van der Waals surface area contributed by atoms with Crippen molar-refractivity contribution in [1.82, 2.24) is 0 Å². The van der Waals surface area contributed by atoms with Crippen LogP contribution in [0.25, 0.3) is 10.9 Å². The minimum atomic E-state index is -7.22. The Bertz CT molecular complexity index is 2770. The van der Waals surface area contributed by atoms with Gasteiger partial charge in [-0.25, -0.2) is 87.8 Å². The molecule has 1 heterocycles. The summed E-state index contributed by atoms with van der Waals surface area (Å²) in [6, 6.07) is 17.5. The number of fused-ring (bicyclic) bond motifs is 1. The third-order valence-electron chi connectivity index (χ3n) is 11.3. The molecule has 0 aliphatic carbocycles. The highest BCUT2D eigenvalue weighted by molar-refractivity contribution is 7.20. The zero-order valence-electron chi connectivity index (χ0n) is 33.4. The maximum Gasteiger partial charge on any atom is 0.213 e. The molecular weight excluding hydrogens is 933 g/mol. The highest BCUT2D eigenvalue weighted by atomic mass is 19.2. The lowest BCUT2D eigenvalue weighted by molar-refractivity contribution is -0.668. The van der Waals surface area contributed by atoms with Gasteiger partial charge in [-0.1, -0.05) is 36.4 Å². The number of nitrogens with zero attached hydrogens (tertiary/aromatic N) is 1. The van der Waals surface area contributed by atoms with E-state index in [-0.39, 0.29) is 0 Å². The van der Waals surface area contributed by atoms with E-state index in [1.165, 1.54) is 38.9 Å². The zero-order valence-corrected chi connectivity index (χ0v) is 33.4. The molecule has 66 heavy (non-hydrogen) atoms. The highest BCUT2D eigenvalue weighted by Crippen LogP contribution is 2.31. The van der Waals surface area contributed by atoms with Crippen LogP contribution < -0.4 is 26.4 Å². The molecule has 6 aromatic carbocycles. The average molecular weight is 955 g/mol. The molecule has 1 nitrogen and oxygen atoms in total. The first-order chi connectivity index (χ1) is 30.8. The van der Waals surface area contributed by atoms with Crippen LogP contribution >= 0.6 is 0 Å². The minimum absolute atomic E-state index is 0.924. The standard InChI is InChI=1S/C24BF20.C20H22N/c26-5-1(6(27)14(35)21(42)13(5)34)25(2-7(28)15(36)22(43)16(37)8(2)29,3-9(30)17(38)23(44)18(39)10(3)31)4-11(32)19(40)24(45)20(41)12(4)33;1-14-10-11-20-19(16(14)3)12-15(2)17(4)21(20)13-18-8-6-5-7-9-18/h;5-12H,13H2,1-4H3/q-1;+1. The second-order valence-electron chi connectivity index (χ2n) is 14.7. The molecule has 22 heteroatoms. The molecule has 7 aromatic rings. The molecule has 0 radical (unpaired) electrons. The molecule has 346 valence electrons. The Morgan fingerprint density at radius 2 is 0.636 bits per heavy atom. The molecule has 0 fully saturated rings. The van der Waals surface area contributed by atoms with Gasteiger partial charge in [-0.3, -0.25) is 0 Å². The molecule has 0 aliphatic heterocycles. The van der Waals surface area contributed by atoms with E-state index in [1.807, 2.05) is 0 Å². The third-order valence-corrected chi connectivity index (χ3v) is 11.3. The summed E-state index contributed by atoms with van der Waals surface area (Å²) in [5, 5.41) is 1.37. The average Bonchev–Trinajstić information content (AvgIpc) is 3.29. The Morgan fingerprint density at radius 3 is 0.939 bits per heavy atom. The second-order valence-corrected chi connectivity index (χ2v) is 14.7. The molecule has 0 amide bonds. The zero-order chi connectivity index (χ0) is 49.3. The van der Waals surface area contributed by atoms with Gasteiger partial charge in [0.25, 0.3) is 0 Å². The third kappa shape index (κ3) is 7.28. The molecule has 1 aromatic heterocycles. The van der Waals surface area contributed by atoms with Crippen LogP contribution in [0.5, 0.6) is 0 Å². The summed E-state index contributed by atoms with van der Waals surface area (Å²) in [7, 11) is 0. The van der Waals surface area contributed by atoms with Gasteiger partial charge in [0.05, 0.1) is 0 Å². The van der Waals surface area contributed by atoms with Gasteiger partial charge < -0.3 is 0 Å². The first kappa shape index (κ1) is 48.8. The van der Waals surface area contributed by atoms with Gasteiger partial charge in [0.1, 0.15) is 52.7 Å². The molecule has 0 bridgehead atoms. The van der Waals surface area contributed by atoms with E-state index in [9.17, 15) is 52.7 Å². The van der Waals surface area contributed by atoms with E-state index in [0.717, 1.165) is 6.54 Å². The molecule has 0 N–H and O–H groups in total. The number of benzene rings is 6. The quantitative estimate of drug-likeness (QED) is 0.0514. The van der Waals surface area contributed by atoms with Gasteiger partial charge in [-0.2, -0.15) is 4.57 Å². The summed E-state index contributed by atoms with van der Waals surface area (Å²) in [4.78, 5) is 0. The van der Waals surface area contributed by atoms with E-state index >= 15 is 35.1 Å². The number of rotatable bonds is 6. The lowest BCUT2D eigenvalue weighted by Gasteiger charge is -2.44. The molecule has 0 spiro atoms. The Balaban J connectivity index is 0.000000284. The number of hydrogen-bond acceptors (Lipinski definition) is 0. The Labute approximate surface area is 358 Å². The highest BCUT2D eigenvalue weighted by Gasteiger charge is 2.52. The van der Waals surface area contributed by atoms with Crippen LogP contribution in [0, 0.1) is 144 Å². The van der Waals surface area contributed by atoms with Crippen molar-refractivity contribution in [3.05, 3.63) is 193 Å². The SMILES string of the molecule is Cc1ccc2c(cc(C)c(C)[n+]2Cc2ccccc2)c1C.Fc1c(F)c(F)c([B-](c2c(F)c(F)c(F)c(F)c2F)(c2c(F)c(F)c(F)c(F)c2F)c2c(F)c(F)c(F)c(F)c2F)c(F)c1F. The molecule has 0 atom stereocenters. The van der Waals surface area contributed by atoms with Crippen LogP contribution in [0.2, 0.25) is 0 Å². The summed E-state index contributed by atoms with van der Waals surface area (Å²) < 4.78 is 296. The Morgan fingerprint density at radius 1 is 0.348 bits per heavy atom. The minimum Gasteiger partial charge on any atom is -0.207 e. The monoisotopic (exact) mass is 955 g/mol. The van der Waals surface area contributed by atoms with Gasteiger partial charge in [-0.15, -0.1) is 21.9 Å². The maximum atomic E-state index is 15.4. The largest absolute Gasteiger partial charge is 0.213 e. The fourth-order valence-corrected chi connectivity index (χ4v) is 7.80. The van der Waals surface area contributed by atoms with Gasteiger partial charge in [0, 0.05) is 29.5 Å².